The van der Waals surface area contributed by atoms with Crippen molar-refractivity contribution in [3.8, 4) is 6.07 Å². The highest BCUT2D eigenvalue weighted by molar-refractivity contribution is 5.15. The zero-order chi connectivity index (χ0) is 14.5. The lowest BCUT2D eigenvalue weighted by Gasteiger charge is -2.45. The van der Waals surface area contributed by atoms with Crippen LogP contribution in [0.2, 0.25) is 0 Å². The highest BCUT2D eigenvalue weighted by atomic mass is 16.5. The average Bonchev–Trinajstić information content (AvgIpc) is 2.57. The number of rotatable bonds is 3. The quantitative estimate of drug-likeness (QED) is 0.850. The molecule has 21 heavy (non-hydrogen) atoms. The maximum atomic E-state index is 9.63. The number of benzene rings is 1. The molecule has 2 heterocycles. The third-order valence-electron chi connectivity index (χ3n) is 4.75. The van der Waals surface area contributed by atoms with Gasteiger partial charge in [0.1, 0.15) is 5.54 Å². The van der Waals surface area contributed by atoms with Crippen molar-refractivity contribution < 1.29 is 4.74 Å². The molecule has 2 saturated heterocycles. The van der Waals surface area contributed by atoms with Crippen molar-refractivity contribution in [2.24, 2.45) is 0 Å². The van der Waals surface area contributed by atoms with Gasteiger partial charge in [0.25, 0.3) is 0 Å². The predicted molar refractivity (Wildman–Crippen MR) is 81.7 cm³/mol. The number of hydrogen-bond donors (Lipinski definition) is 0. The summed E-state index contributed by atoms with van der Waals surface area (Å²) in [5.41, 5.74) is 1.09. The van der Waals surface area contributed by atoms with Crippen LogP contribution in [-0.2, 0) is 11.3 Å². The molecule has 0 unspecified atom stereocenters. The first-order chi connectivity index (χ1) is 10.3. The topological polar surface area (TPSA) is 39.5 Å². The van der Waals surface area contributed by atoms with E-state index >= 15 is 0 Å². The van der Waals surface area contributed by atoms with Gasteiger partial charge in [-0.15, -0.1) is 0 Å². The normalized spacial score (nSPS) is 23.6. The number of piperazine rings is 1. The van der Waals surface area contributed by atoms with Gasteiger partial charge in [0, 0.05) is 58.8 Å². The minimum atomic E-state index is -0.281. The largest absolute Gasteiger partial charge is 0.381 e. The molecule has 0 amide bonds. The standard InChI is InChI=1S/C17H23N3O/c18-15-17(6-12-21-13-7-17)20-10-8-19(9-11-20)14-16-4-2-1-3-5-16/h1-5H,6-14H2. The Morgan fingerprint density at radius 2 is 1.71 bits per heavy atom. The second-order valence-electron chi connectivity index (χ2n) is 6.00. The van der Waals surface area contributed by atoms with Gasteiger partial charge in [-0.25, -0.2) is 0 Å². The van der Waals surface area contributed by atoms with Crippen molar-refractivity contribution in [3.63, 3.8) is 0 Å². The zero-order valence-electron chi connectivity index (χ0n) is 12.5. The summed E-state index contributed by atoms with van der Waals surface area (Å²) in [6, 6.07) is 13.2. The second-order valence-corrected chi connectivity index (χ2v) is 6.00. The van der Waals surface area contributed by atoms with Crippen LogP contribution >= 0.6 is 0 Å². The van der Waals surface area contributed by atoms with Crippen molar-refractivity contribution in [1.29, 1.82) is 5.26 Å². The van der Waals surface area contributed by atoms with Crippen LogP contribution in [0, 0.1) is 11.3 Å². The third kappa shape index (κ3) is 3.26. The molecule has 1 aromatic rings. The molecule has 0 radical (unpaired) electrons. The summed E-state index contributed by atoms with van der Waals surface area (Å²) in [6.45, 7) is 6.51. The Morgan fingerprint density at radius 1 is 1.05 bits per heavy atom. The van der Waals surface area contributed by atoms with E-state index in [1.54, 1.807) is 0 Å². The minimum absolute atomic E-state index is 0.281. The van der Waals surface area contributed by atoms with Gasteiger partial charge < -0.3 is 4.74 Å². The van der Waals surface area contributed by atoms with Gasteiger partial charge in [0.05, 0.1) is 6.07 Å². The maximum Gasteiger partial charge on any atom is 0.113 e. The van der Waals surface area contributed by atoms with Crippen molar-refractivity contribution in [1.82, 2.24) is 9.80 Å². The van der Waals surface area contributed by atoms with Crippen LogP contribution in [0.1, 0.15) is 18.4 Å². The Morgan fingerprint density at radius 3 is 2.33 bits per heavy atom. The van der Waals surface area contributed by atoms with Crippen molar-refractivity contribution in [3.05, 3.63) is 35.9 Å². The molecule has 4 nitrogen and oxygen atoms in total. The molecule has 0 atom stereocenters. The molecule has 0 aromatic heterocycles. The number of nitriles is 1. The van der Waals surface area contributed by atoms with Gasteiger partial charge in [0.15, 0.2) is 0 Å². The zero-order valence-corrected chi connectivity index (χ0v) is 12.5. The fourth-order valence-corrected chi connectivity index (χ4v) is 3.38. The second kappa shape index (κ2) is 6.57. The Labute approximate surface area is 126 Å². The lowest BCUT2D eigenvalue weighted by Crippen LogP contribution is -2.58. The fraction of sp³-hybridized carbons (Fsp3) is 0.588. The molecule has 2 fully saturated rings. The van der Waals surface area contributed by atoms with Crippen LogP contribution in [0.4, 0.5) is 0 Å². The first-order valence-corrected chi connectivity index (χ1v) is 7.83. The summed E-state index contributed by atoms with van der Waals surface area (Å²) in [5.74, 6) is 0. The predicted octanol–water partition coefficient (Wildman–Crippen LogP) is 1.88. The Kier molecular flexibility index (Phi) is 4.54. The molecule has 0 N–H and O–H groups in total. The first-order valence-electron chi connectivity index (χ1n) is 7.83. The highest BCUT2D eigenvalue weighted by Crippen LogP contribution is 2.28. The van der Waals surface area contributed by atoms with E-state index in [1.165, 1.54) is 5.56 Å². The van der Waals surface area contributed by atoms with E-state index in [1.807, 2.05) is 0 Å². The summed E-state index contributed by atoms with van der Waals surface area (Å²) in [4.78, 5) is 4.87. The molecular weight excluding hydrogens is 262 g/mol. The average molecular weight is 285 g/mol. The molecule has 0 aliphatic carbocycles. The molecule has 112 valence electrons. The van der Waals surface area contributed by atoms with Crippen molar-refractivity contribution in [2.75, 3.05) is 39.4 Å². The molecule has 0 saturated carbocycles. The fourth-order valence-electron chi connectivity index (χ4n) is 3.38. The monoisotopic (exact) mass is 285 g/mol. The third-order valence-corrected chi connectivity index (χ3v) is 4.75. The van der Waals surface area contributed by atoms with Gasteiger partial charge in [-0.1, -0.05) is 30.3 Å². The van der Waals surface area contributed by atoms with E-state index in [4.69, 9.17) is 4.74 Å². The van der Waals surface area contributed by atoms with E-state index < -0.39 is 0 Å². The highest BCUT2D eigenvalue weighted by Gasteiger charge is 2.39. The smallest absolute Gasteiger partial charge is 0.113 e. The molecule has 0 bridgehead atoms. The van der Waals surface area contributed by atoms with Gasteiger partial charge in [-0.3, -0.25) is 9.80 Å². The maximum absolute atomic E-state index is 9.63. The molecule has 4 heteroatoms. The molecule has 1 aromatic carbocycles. The lowest BCUT2D eigenvalue weighted by atomic mass is 9.89. The summed E-state index contributed by atoms with van der Waals surface area (Å²) in [5, 5.41) is 9.63. The lowest BCUT2D eigenvalue weighted by molar-refractivity contribution is -0.0200. The van der Waals surface area contributed by atoms with E-state index in [9.17, 15) is 5.26 Å². The molecule has 2 aliphatic rings. The van der Waals surface area contributed by atoms with Crippen molar-refractivity contribution >= 4 is 0 Å². The summed E-state index contributed by atoms with van der Waals surface area (Å²) >= 11 is 0. The molecule has 0 spiro atoms. The Bertz CT molecular complexity index is 483. The molecular formula is C17H23N3O. The molecule has 3 rings (SSSR count). The SMILES string of the molecule is N#CC1(N2CCN(Cc3ccccc3)CC2)CCOCC1. The number of nitrogens with zero attached hydrogens (tertiary/aromatic N) is 3. The molecule has 2 aliphatic heterocycles. The van der Waals surface area contributed by atoms with Crippen LogP contribution < -0.4 is 0 Å². The Hall–Kier alpha value is -1.41. The number of ether oxygens (including phenoxy) is 1. The number of hydrogen-bond acceptors (Lipinski definition) is 4. The first kappa shape index (κ1) is 14.5. The van der Waals surface area contributed by atoms with Crippen LogP contribution in [-0.4, -0.2) is 54.7 Å². The minimum Gasteiger partial charge on any atom is -0.381 e. The van der Waals surface area contributed by atoms with Gasteiger partial charge in [-0.05, 0) is 5.56 Å². The van der Waals surface area contributed by atoms with Crippen LogP contribution in [0.25, 0.3) is 0 Å². The van der Waals surface area contributed by atoms with E-state index in [0.717, 1.165) is 58.8 Å². The van der Waals surface area contributed by atoms with Crippen molar-refractivity contribution in [2.45, 2.75) is 24.9 Å². The van der Waals surface area contributed by atoms with E-state index in [2.05, 4.69) is 46.2 Å². The van der Waals surface area contributed by atoms with Crippen LogP contribution in [0.15, 0.2) is 30.3 Å². The van der Waals surface area contributed by atoms with Gasteiger partial charge >= 0.3 is 0 Å². The van der Waals surface area contributed by atoms with E-state index in [-0.39, 0.29) is 5.54 Å². The summed E-state index contributed by atoms with van der Waals surface area (Å²) in [6.07, 6.45) is 1.70. The summed E-state index contributed by atoms with van der Waals surface area (Å²) in [7, 11) is 0. The Balaban J connectivity index is 1.56. The van der Waals surface area contributed by atoms with Gasteiger partial charge in [-0.2, -0.15) is 5.26 Å². The summed E-state index contributed by atoms with van der Waals surface area (Å²) < 4.78 is 5.43. The van der Waals surface area contributed by atoms with Crippen LogP contribution in [0.3, 0.4) is 0 Å². The van der Waals surface area contributed by atoms with E-state index in [0.29, 0.717) is 0 Å². The van der Waals surface area contributed by atoms with Gasteiger partial charge in [0.2, 0.25) is 0 Å². The van der Waals surface area contributed by atoms with Crippen LogP contribution in [0.5, 0.6) is 0 Å².